The van der Waals surface area contributed by atoms with Gasteiger partial charge in [0, 0.05) is 11.3 Å². The molecule has 0 aliphatic rings. The van der Waals surface area contributed by atoms with Gasteiger partial charge in [-0.25, -0.2) is 10.2 Å². The third-order valence-electron chi connectivity index (χ3n) is 5.21. The van der Waals surface area contributed by atoms with Crippen LogP contribution in [0.2, 0.25) is 0 Å². The number of carbonyl (C=O) groups excluding carboxylic acids is 1. The van der Waals surface area contributed by atoms with Gasteiger partial charge in [0.1, 0.15) is 11.5 Å². The van der Waals surface area contributed by atoms with Crippen molar-refractivity contribution in [1.29, 1.82) is 0 Å². The van der Waals surface area contributed by atoms with E-state index in [0.717, 1.165) is 17.0 Å². The lowest BCUT2D eigenvalue weighted by molar-refractivity contribution is -0.118. The van der Waals surface area contributed by atoms with Gasteiger partial charge in [0.25, 0.3) is 5.91 Å². The molecule has 11 heteroatoms. The lowest BCUT2D eigenvalue weighted by Crippen LogP contribution is -2.20. The fourth-order valence-electron chi connectivity index (χ4n) is 3.31. The first-order valence-corrected chi connectivity index (χ1v) is 12.0. The van der Waals surface area contributed by atoms with Crippen LogP contribution in [0, 0.1) is 0 Å². The number of carbonyl (C=O) groups is 2. The lowest BCUT2D eigenvalue weighted by Gasteiger charge is -2.11. The predicted octanol–water partition coefficient (Wildman–Crippen LogP) is 3.89. The highest BCUT2D eigenvalue weighted by atomic mass is 32.2. The summed E-state index contributed by atoms with van der Waals surface area (Å²) in [7, 11) is 3.21. The second kappa shape index (κ2) is 11.9. The molecule has 0 atom stereocenters. The highest BCUT2D eigenvalue weighted by Crippen LogP contribution is 2.29. The van der Waals surface area contributed by atoms with Gasteiger partial charge in [-0.15, -0.1) is 10.2 Å². The van der Waals surface area contributed by atoms with E-state index in [2.05, 4.69) is 20.7 Å². The summed E-state index contributed by atoms with van der Waals surface area (Å²) in [6.45, 7) is 0. The summed E-state index contributed by atoms with van der Waals surface area (Å²) < 4.78 is 12.4. The number of aromatic carboxylic acids is 1. The van der Waals surface area contributed by atoms with Crippen molar-refractivity contribution in [3.63, 3.8) is 0 Å². The molecule has 0 radical (unpaired) electrons. The number of carboxylic acids is 1. The molecule has 0 aliphatic heterocycles. The molecule has 0 saturated carbocycles. The van der Waals surface area contributed by atoms with Crippen molar-refractivity contribution in [2.75, 3.05) is 20.0 Å². The van der Waals surface area contributed by atoms with Crippen LogP contribution in [0.25, 0.3) is 17.1 Å². The SMILES string of the molecule is COc1ccc(-c2nnc(SCC(=O)N/N=C\c3ccc(C(=O)O)cc3)n2-c2ccc(OC)cc2)cc1. The molecule has 188 valence electrons. The van der Waals surface area contributed by atoms with Crippen LogP contribution in [0.15, 0.2) is 83.1 Å². The monoisotopic (exact) mass is 517 g/mol. The predicted molar refractivity (Wildman–Crippen MR) is 140 cm³/mol. The maximum absolute atomic E-state index is 12.4. The molecule has 4 rings (SSSR count). The van der Waals surface area contributed by atoms with Crippen LogP contribution >= 0.6 is 11.8 Å². The maximum Gasteiger partial charge on any atom is 0.335 e. The van der Waals surface area contributed by atoms with E-state index in [1.54, 1.807) is 26.4 Å². The van der Waals surface area contributed by atoms with Gasteiger partial charge in [-0.2, -0.15) is 5.10 Å². The number of nitrogens with zero attached hydrogens (tertiary/aromatic N) is 4. The van der Waals surface area contributed by atoms with Gasteiger partial charge in [-0.05, 0) is 66.2 Å². The second-order valence-corrected chi connectivity index (χ2v) is 8.52. The van der Waals surface area contributed by atoms with Crippen LogP contribution in [0.4, 0.5) is 0 Å². The fraction of sp³-hybridized carbons (Fsp3) is 0.115. The van der Waals surface area contributed by atoms with Gasteiger partial charge >= 0.3 is 5.97 Å². The summed E-state index contributed by atoms with van der Waals surface area (Å²) >= 11 is 1.22. The summed E-state index contributed by atoms with van der Waals surface area (Å²) in [6, 6.07) is 21.1. The topological polar surface area (TPSA) is 128 Å². The van der Waals surface area contributed by atoms with E-state index < -0.39 is 5.97 Å². The summed E-state index contributed by atoms with van der Waals surface area (Å²) in [5.74, 6) is 0.756. The Morgan fingerprint density at radius 1 is 0.946 bits per heavy atom. The van der Waals surface area contributed by atoms with Crippen LogP contribution in [0.5, 0.6) is 11.5 Å². The van der Waals surface area contributed by atoms with E-state index in [1.165, 1.54) is 30.1 Å². The normalized spacial score (nSPS) is 10.9. The van der Waals surface area contributed by atoms with Crippen molar-refractivity contribution in [3.8, 4) is 28.6 Å². The Morgan fingerprint density at radius 3 is 2.16 bits per heavy atom. The zero-order valence-corrected chi connectivity index (χ0v) is 20.8. The molecule has 2 N–H and O–H groups in total. The highest BCUT2D eigenvalue weighted by Gasteiger charge is 2.17. The van der Waals surface area contributed by atoms with Crippen LogP contribution in [0.3, 0.4) is 0 Å². The minimum Gasteiger partial charge on any atom is -0.497 e. The number of ether oxygens (including phenoxy) is 2. The number of methoxy groups -OCH3 is 2. The summed E-state index contributed by atoms with van der Waals surface area (Å²) in [4.78, 5) is 23.4. The minimum absolute atomic E-state index is 0.0478. The van der Waals surface area contributed by atoms with Crippen molar-refractivity contribution in [2.45, 2.75) is 5.16 Å². The van der Waals surface area contributed by atoms with E-state index in [-0.39, 0.29) is 17.2 Å². The van der Waals surface area contributed by atoms with E-state index in [1.807, 2.05) is 53.1 Å². The molecule has 0 spiro atoms. The molecular formula is C26H23N5O5S. The molecule has 0 unspecified atom stereocenters. The maximum atomic E-state index is 12.4. The average Bonchev–Trinajstić information content (AvgIpc) is 3.36. The van der Waals surface area contributed by atoms with Crippen LogP contribution in [-0.4, -0.2) is 57.9 Å². The molecule has 1 heterocycles. The van der Waals surface area contributed by atoms with Gasteiger partial charge in [0.2, 0.25) is 0 Å². The Balaban J connectivity index is 1.49. The molecule has 0 aliphatic carbocycles. The average molecular weight is 518 g/mol. The van der Waals surface area contributed by atoms with Gasteiger partial charge in [0.15, 0.2) is 11.0 Å². The van der Waals surface area contributed by atoms with E-state index in [0.29, 0.717) is 22.3 Å². The summed E-state index contributed by atoms with van der Waals surface area (Å²) in [6.07, 6.45) is 1.44. The molecule has 37 heavy (non-hydrogen) atoms. The number of hydrogen-bond acceptors (Lipinski definition) is 8. The molecule has 3 aromatic carbocycles. The number of rotatable bonds is 10. The first-order chi connectivity index (χ1) is 18.0. The van der Waals surface area contributed by atoms with Crippen LogP contribution < -0.4 is 14.9 Å². The van der Waals surface area contributed by atoms with Gasteiger partial charge < -0.3 is 14.6 Å². The third kappa shape index (κ3) is 6.33. The van der Waals surface area contributed by atoms with Crippen molar-refractivity contribution in [1.82, 2.24) is 20.2 Å². The molecule has 0 saturated heterocycles. The van der Waals surface area contributed by atoms with Gasteiger partial charge in [-0.1, -0.05) is 23.9 Å². The molecule has 10 nitrogen and oxygen atoms in total. The number of benzene rings is 3. The number of aromatic nitrogens is 3. The standard InChI is InChI=1S/C26H23N5O5S/c1-35-21-11-7-18(8-12-21)24-29-30-26(31(24)20-9-13-22(36-2)14-10-20)37-16-23(32)28-27-15-17-3-5-19(6-4-17)25(33)34/h3-15H,16H2,1-2H3,(H,28,32)(H,33,34)/b27-15-. The summed E-state index contributed by atoms with van der Waals surface area (Å²) in [5.41, 5.74) is 4.94. The molecule has 1 amide bonds. The van der Waals surface area contributed by atoms with Gasteiger partial charge in [-0.3, -0.25) is 9.36 Å². The number of hydrazone groups is 1. The number of nitrogens with one attached hydrogen (secondary N) is 1. The van der Waals surface area contributed by atoms with Crippen LogP contribution in [-0.2, 0) is 4.79 Å². The fourth-order valence-corrected chi connectivity index (χ4v) is 4.05. The van der Waals surface area contributed by atoms with E-state index in [9.17, 15) is 9.59 Å². The number of hydrogen-bond donors (Lipinski definition) is 2. The number of carboxylic acid groups (broad SMARTS) is 1. The second-order valence-electron chi connectivity index (χ2n) is 7.58. The first kappa shape index (κ1) is 25.5. The Morgan fingerprint density at radius 2 is 1.57 bits per heavy atom. The highest BCUT2D eigenvalue weighted by molar-refractivity contribution is 7.99. The Bertz CT molecular complexity index is 1400. The third-order valence-corrected chi connectivity index (χ3v) is 6.13. The molecule has 1 aromatic heterocycles. The van der Waals surface area contributed by atoms with Crippen molar-refractivity contribution in [2.24, 2.45) is 5.10 Å². The van der Waals surface area contributed by atoms with Crippen molar-refractivity contribution in [3.05, 3.63) is 83.9 Å². The van der Waals surface area contributed by atoms with Crippen LogP contribution in [0.1, 0.15) is 15.9 Å². The smallest absolute Gasteiger partial charge is 0.335 e. The molecule has 0 fully saturated rings. The van der Waals surface area contributed by atoms with Crippen molar-refractivity contribution < 1.29 is 24.2 Å². The Hall–Kier alpha value is -4.64. The molecular weight excluding hydrogens is 494 g/mol. The molecule has 4 aromatic rings. The minimum atomic E-state index is -1.01. The van der Waals surface area contributed by atoms with E-state index >= 15 is 0 Å². The Kier molecular flexibility index (Phi) is 8.16. The zero-order valence-electron chi connectivity index (χ0n) is 20.0. The quantitative estimate of drug-likeness (QED) is 0.184. The zero-order chi connectivity index (χ0) is 26.2. The number of thioether (sulfide) groups is 1. The van der Waals surface area contributed by atoms with E-state index in [4.69, 9.17) is 14.6 Å². The van der Waals surface area contributed by atoms with Gasteiger partial charge in [0.05, 0.1) is 31.8 Å². The molecule has 0 bridgehead atoms. The number of amides is 1. The van der Waals surface area contributed by atoms with Crippen molar-refractivity contribution >= 4 is 29.9 Å². The summed E-state index contributed by atoms with van der Waals surface area (Å²) in [5, 5.41) is 22.1. The lowest BCUT2D eigenvalue weighted by atomic mass is 10.1. The Labute approximate surface area is 217 Å². The largest absolute Gasteiger partial charge is 0.497 e. The first-order valence-electron chi connectivity index (χ1n) is 11.0.